The number of Topliss-reactive ketones (excluding diaryl/α,β-unsaturated/α-hetero) is 1. The van der Waals surface area contributed by atoms with E-state index in [1.807, 2.05) is 39.2 Å². The van der Waals surface area contributed by atoms with Crippen LogP contribution in [0.3, 0.4) is 0 Å². The summed E-state index contributed by atoms with van der Waals surface area (Å²) in [6.07, 6.45) is 2.61. The van der Waals surface area contributed by atoms with Gasteiger partial charge in [-0.05, 0) is 68.8 Å². The largest absolute Gasteiger partial charge is 0.451 e. The van der Waals surface area contributed by atoms with Crippen LogP contribution in [0.4, 0.5) is 0 Å². The van der Waals surface area contributed by atoms with E-state index in [4.69, 9.17) is 4.74 Å². The van der Waals surface area contributed by atoms with Gasteiger partial charge in [0.25, 0.3) is 0 Å². The van der Waals surface area contributed by atoms with Gasteiger partial charge < -0.3 is 4.74 Å². The number of thioether (sulfide) groups is 1. The summed E-state index contributed by atoms with van der Waals surface area (Å²) in [4.78, 5) is 29.1. The van der Waals surface area contributed by atoms with Crippen molar-refractivity contribution < 1.29 is 14.3 Å². The van der Waals surface area contributed by atoms with Crippen LogP contribution < -0.4 is 0 Å². The molecule has 2 rings (SSSR count). The first-order valence-corrected chi connectivity index (χ1v) is 8.89. The van der Waals surface area contributed by atoms with Crippen LogP contribution >= 0.6 is 11.8 Å². The summed E-state index contributed by atoms with van der Waals surface area (Å²) in [6, 6.07) is 7.16. The molecule has 0 unspecified atom stereocenters. The Balaban J connectivity index is 2.20. The molecule has 0 saturated carbocycles. The molecule has 0 aliphatic heterocycles. The van der Waals surface area contributed by atoms with Crippen LogP contribution in [0, 0.1) is 20.8 Å². The Morgan fingerprint density at radius 3 is 2.42 bits per heavy atom. The Bertz CT molecular complexity index is 786. The molecule has 4 nitrogen and oxygen atoms in total. The smallest absolute Gasteiger partial charge is 0.341 e. The number of aromatic nitrogens is 1. The second kappa shape index (κ2) is 7.62. The fraction of sp³-hybridized carbons (Fsp3) is 0.316. The molecule has 126 valence electrons. The molecule has 2 aromatic rings. The monoisotopic (exact) mass is 343 g/mol. The lowest BCUT2D eigenvalue weighted by atomic mass is 9.96. The molecule has 0 bridgehead atoms. The van der Waals surface area contributed by atoms with Gasteiger partial charge in [0.15, 0.2) is 6.10 Å². The van der Waals surface area contributed by atoms with E-state index in [1.54, 1.807) is 25.3 Å². The molecule has 0 aliphatic rings. The van der Waals surface area contributed by atoms with Crippen molar-refractivity contribution in [2.45, 2.75) is 38.8 Å². The predicted molar refractivity (Wildman–Crippen MR) is 95.9 cm³/mol. The SMILES string of the molecule is CSc1ncccc1C(=O)O[C@@H](C)C(=O)c1cc(C)c(C)cc1C. The topological polar surface area (TPSA) is 56.3 Å². The number of hydrogen-bond donors (Lipinski definition) is 0. The Morgan fingerprint density at radius 2 is 1.75 bits per heavy atom. The van der Waals surface area contributed by atoms with Gasteiger partial charge in [0.05, 0.1) is 5.56 Å². The van der Waals surface area contributed by atoms with Gasteiger partial charge in [-0.2, -0.15) is 0 Å². The minimum Gasteiger partial charge on any atom is -0.451 e. The van der Waals surface area contributed by atoms with Crippen molar-refractivity contribution in [3.8, 4) is 0 Å². The summed E-state index contributed by atoms with van der Waals surface area (Å²) in [5.41, 5.74) is 4.03. The highest BCUT2D eigenvalue weighted by molar-refractivity contribution is 7.98. The maximum absolute atomic E-state index is 12.7. The van der Waals surface area contributed by atoms with E-state index in [-0.39, 0.29) is 5.78 Å². The van der Waals surface area contributed by atoms with Crippen molar-refractivity contribution in [1.29, 1.82) is 0 Å². The van der Waals surface area contributed by atoms with E-state index in [9.17, 15) is 9.59 Å². The molecule has 0 fully saturated rings. The van der Waals surface area contributed by atoms with Gasteiger partial charge in [-0.3, -0.25) is 4.79 Å². The summed E-state index contributed by atoms with van der Waals surface area (Å²) in [5.74, 6) is -0.728. The zero-order valence-electron chi connectivity index (χ0n) is 14.5. The fourth-order valence-corrected chi connectivity index (χ4v) is 2.97. The van der Waals surface area contributed by atoms with Crippen LogP contribution in [-0.2, 0) is 4.74 Å². The van der Waals surface area contributed by atoms with E-state index in [0.717, 1.165) is 16.7 Å². The van der Waals surface area contributed by atoms with Crippen LogP contribution in [0.15, 0.2) is 35.5 Å². The molecule has 0 spiro atoms. The lowest BCUT2D eigenvalue weighted by Crippen LogP contribution is -2.25. The van der Waals surface area contributed by atoms with Crippen LogP contribution in [-0.4, -0.2) is 29.1 Å². The van der Waals surface area contributed by atoms with E-state index in [0.29, 0.717) is 16.2 Å². The molecule has 1 atom stereocenters. The summed E-state index contributed by atoms with van der Waals surface area (Å²) >= 11 is 1.36. The van der Waals surface area contributed by atoms with Crippen molar-refractivity contribution in [2.75, 3.05) is 6.26 Å². The first-order chi connectivity index (χ1) is 11.3. The highest BCUT2D eigenvalue weighted by atomic mass is 32.2. The summed E-state index contributed by atoms with van der Waals surface area (Å²) in [6.45, 7) is 7.46. The van der Waals surface area contributed by atoms with Crippen molar-refractivity contribution >= 4 is 23.5 Å². The Labute approximate surface area is 146 Å². The highest BCUT2D eigenvalue weighted by Gasteiger charge is 2.23. The molecule has 1 aromatic carbocycles. The second-order valence-corrected chi connectivity index (χ2v) is 6.52. The molecular weight excluding hydrogens is 322 g/mol. The maximum atomic E-state index is 12.7. The first kappa shape index (κ1) is 18.2. The van der Waals surface area contributed by atoms with Crippen molar-refractivity contribution in [3.05, 3.63) is 58.3 Å². The quantitative estimate of drug-likeness (QED) is 0.463. The molecule has 0 amide bonds. The highest BCUT2D eigenvalue weighted by Crippen LogP contribution is 2.21. The maximum Gasteiger partial charge on any atom is 0.341 e. The average Bonchev–Trinajstić information content (AvgIpc) is 2.57. The van der Waals surface area contributed by atoms with Crippen LogP contribution in [0.2, 0.25) is 0 Å². The molecule has 0 aliphatic carbocycles. The lowest BCUT2D eigenvalue weighted by Gasteiger charge is -2.15. The number of esters is 1. The molecule has 0 N–H and O–H groups in total. The molecule has 1 aromatic heterocycles. The standard InChI is InChI=1S/C19H21NO3S/c1-11-9-13(3)16(10-12(11)2)17(21)14(4)23-19(22)15-7-6-8-20-18(15)24-5/h6-10,14H,1-5H3/t14-/m0/s1. The number of carbonyl (C=O) groups is 2. The number of aryl methyl sites for hydroxylation is 3. The van der Waals surface area contributed by atoms with Crippen LogP contribution in [0.1, 0.15) is 44.3 Å². The van der Waals surface area contributed by atoms with E-state index in [2.05, 4.69) is 4.98 Å². The average molecular weight is 343 g/mol. The fourth-order valence-electron chi connectivity index (χ4n) is 2.43. The van der Waals surface area contributed by atoms with E-state index >= 15 is 0 Å². The number of carbonyl (C=O) groups excluding carboxylic acids is 2. The number of ether oxygens (including phenoxy) is 1. The summed E-state index contributed by atoms with van der Waals surface area (Å²) in [7, 11) is 0. The van der Waals surface area contributed by atoms with Crippen LogP contribution in [0.5, 0.6) is 0 Å². The summed E-state index contributed by atoms with van der Waals surface area (Å²) in [5, 5.41) is 0.588. The van der Waals surface area contributed by atoms with E-state index in [1.165, 1.54) is 11.8 Å². The van der Waals surface area contributed by atoms with Gasteiger partial charge >= 0.3 is 5.97 Å². The number of pyridine rings is 1. The molecule has 24 heavy (non-hydrogen) atoms. The Kier molecular flexibility index (Phi) is 5.78. The Hall–Kier alpha value is -2.14. The molecule has 1 heterocycles. The second-order valence-electron chi connectivity index (χ2n) is 5.72. The first-order valence-electron chi connectivity index (χ1n) is 7.67. The normalized spacial score (nSPS) is 11.9. The zero-order chi connectivity index (χ0) is 17.9. The van der Waals surface area contributed by atoms with Crippen molar-refractivity contribution in [2.24, 2.45) is 0 Å². The number of ketones is 1. The third-order valence-corrected chi connectivity index (χ3v) is 4.66. The predicted octanol–water partition coefficient (Wildman–Crippen LogP) is 4.16. The van der Waals surface area contributed by atoms with Crippen molar-refractivity contribution in [1.82, 2.24) is 4.98 Å². The third kappa shape index (κ3) is 3.85. The molecule has 0 saturated heterocycles. The van der Waals surface area contributed by atoms with Gasteiger partial charge in [0.2, 0.25) is 5.78 Å². The lowest BCUT2D eigenvalue weighted by molar-refractivity contribution is 0.0314. The third-order valence-electron chi connectivity index (χ3n) is 3.94. The van der Waals surface area contributed by atoms with Gasteiger partial charge in [-0.25, -0.2) is 9.78 Å². The number of rotatable bonds is 5. The molecular formula is C19H21NO3S. The van der Waals surface area contributed by atoms with Crippen LogP contribution in [0.25, 0.3) is 0 Å². The summed E-state index contributed by atoms with van der Waals surface area (Å²) < 4.78 is 5.38. The minimum absolute atomic E-state index is 0.196. The number of benzene rings is 1. The van der Waals surface area contributed by atoms with Crippen molar-refractivity contribution in [3.63, 3.8) is 0 Å². The minimum atomic E-state index is -0.854. The molecule has 0 radical (unpaired) electrons. The van der Waals surface area contributed by atoms with Gasteiger partial charge in [0.1, 0.15) is 5.03 Å². The van der Waals surface area contributed by atoms with E-state index < -0.39 is 12.1 Å². The molecule has 5 heteroatoms. The zero-order valence-corrected chi connectivity index (χ0v) is 15.4. The number of hydrogen-bond acceptors (Lipinski definition) is 5. The van der Waals surface area contributed by atoms with Gasteiger partial charge in [0, 0.05) is 11.8 Å². The number of nitrogens with zero attached hydrogens (tertiary/aromatic N) is 1. The van der Waals surface area contributed by atoms with Gasteiger partial charge in [-0.15, -0.1) is 11.8 Å². The Morgan fingerprint density at radius 1 is 1.08 bits per heavy atom. The van der Waals surface area contributed by atoms with Gasteiger partial charge in [-0.1, -0.05) is 6.07 Å².